The van der Waals surface area contributed by atoms with E-state index in [-0.39, 0.29) is 19.8 Å². The Balaban J connectivity index is 1.52. The zero-order valence-electron chi connectivity index (χ0n) is 16.2. The van der Waals surface area contributed by atoms with Gasteiger partial charge in [0.05, 0.1) is 19.8 Å². The minimum atomic E-state index is -1.54. The molecule has 2 aliphatic rings. The molecule has 0 aromatic heterocycles. The van der Waals surface area contributed by atoms with Gasteiger partial charge in [-0.1, -0.05) is 42.5 Å². The van der Waals surface area contributed by atoms with Crippen LogP contribution in [0.4, 0.5) is 0 Å². The second-order valence-electron chi connectivity index (χ2n) is 7.24. The normalized spacial score (nSPS) is 40.0. The third-order valence-electron chi connectivity index (χ3n) is 5.01. The summed E-state index contributed by atoms with van der Waals surface area (Å²) in [6.07, 6.45) is -8.71. The van der Waals surface area contributed by atoms with Gasteiger partial charge in [0.1, 0.15) is 42.7 Å². The Hall–Kier alpha value is -1.44. The molecule has 2 fully saturated rings. The molecule has 10 nitrogen and oxygen atoms in total. The molecule has 1 aromatic carbocycles. The average molecular weight is 428 g/mol. The van der Waals surface area contributed by atoms with E-state index in [0.717, 1.165) is 5.56 Å². The number of ether oxygens (including phenoxy) is 4. The molecule has 2 heterocycles. The van der Waals surface area contributed by atoms with E-state index in [2.05, 4.69) is 0 Å². The van der Waals surface area contributed by atoms with Crippen LogP contribution in [0, 0.1) is 0 Å². The first-order valence-electron chi connectivity index (χ1n) is 9.68. The topological polar surface area (TPSA) is 158 Å². The van der Waals surface area contributed by atoms with E-state index in [4.69, 9.17) is 18.9 Å². The Bertz CT molecular complexity index is 671. The molecule has 30 heavy (non-hydrogen) atoms. The van der Waals surface area contributed by atoms with Crippen molar-refractivity contribution in [1.29, 1.82) is 0 Å². The number of benzene rings is 1. The summed E-state index contributed by atoms with van der Waals surface area (Å²) in [5.74, 6) is 0. The first-order valence-corrected chi connectivity index (χ1v) is 9.68. The van der Waals surface area contributed by atoms with Crippen molar-refractivity contribution in [2.45, 2.75) is 55.3 Å². The van der Waals surface area contributed by atoms with E-state index < -0.39 is 55.3 Å². The number of aliphatic hydroxyl groups excluding tert-OH is 6. The molecule has 9 atom stereocenters. The third kappa shape index (κ3) is 5.62. The molecular weight excluding hydrogens is 400 g/mol. The van der Waals surface area contributed by atoms with Crippen molar-refractivity contribution in [3.63, 3.8) is 0 Å². The highest BCUT2D eigenvalue weighted by Gasteiger charge is 2.45. The van der Waals surface area contributed by atoms with Crippen LogP contribution in [0.5, 0.6) is 0 Å². The highest BCUT2D eigenvalue weighted by molar-refractivity contribution is 5.48. The summed E-state index contributed by atoms with van der Waals surface area (Å²) in [6, 6.07) is 9.50. The largest absolute Gasteiger partial charge is 0.388 e. The molecular formula is C20H28O10. The zero-order chi connectivity index (χ0) is 21.7. The quantitative estimate of drug-likeness (QED) is 0.286. The fourth-order valence-electron chi connectivity index (χ4n) is 3.21. The molecule has 2 aliphatic heterocycles. The van der Waals surface area contributed by atoms with Gasteiger partial charge >= 0.3 is 0 Å². The van der Waals surface area contributed by atoms with Crippen LogP contribution < -0.4 is 0 Å². The van der Waals surface area contributed by atoms with Crippen LogP contribution in [-0.4, -0.2) is 106 Å². The van der Waals surface area contributed by atoms with Gasteiger partial charge in [0, 0.05) is 0 Å². The fourth-order valence-corrected chi connectivity index (χ4v) is 3.21. The van der Waals surface area contributed by atoms with Crippen LogP contribution in [0.25, 0.3) is 6.08 Å². The minimum absolute atomic E-state index is 0.0849. The molecule has 0 unspecified atom stereocenters. The van der Waals surface area contributed by atoms with Crippen molar-refractivity contribution in [2.75, 3.05) is 19.8 Å². The predicted molar refractivity (Wildman–Crippen MR) is 102 cm³/mol. The van der Waals surface area contributed by atoms with Crippen molar-refractivity contribution in [3.05, 3.63) is 42.0 Å². The van der Waals surface area contributed by atoms with Gasteiger partial charge in [0.15, 0.2) is 12.6 Å². The maximum Gasteiger partial charge on any atom is 0.187 e. The molecule has 10 heteroatoms. The van der Waals surface area contributed by atoms with Crippen molar-refractivity contribution >= 4 is 6.08 Å². The molecule has 168 valence electrons. The van der Waals surface area contributed by atoms with Crippen LogP contribution in [-0.2, 0) is 18.9 Å². The van der Waals surface area contributed by atoms with Gasteiger partial charge in [-0.05, 0) is 5.56 Å². The van der Waals surface area contributed by atoms with Gasteiger partial charge in [-0.15, -0.1) is 0 Å². The maximum absolute atomic E-state index is 10.2. The Labute approximate surface area is 173 Å². The Morgan fingerprint density at radius 1 is 0.833 bits per heavy atom. The van der Waals surface area contributed by atoms with Crippen LogP contribution in [0.15, 0.2) is 36.4 Å². The second kappa shape index (κ2) is 10.7. The van der Waals surface area contributed by atoms with Crippen molar-refractivity contribution in [2.24, 2.45) is 0 Å². The average Bonchev–Trinajstić information content (AvgIpc) is 2.76. The van der Waals surface area contributed by atoms with Gasteiger partial charge in [0.25, 0.3) is 0 Å². The van der Waals surface area contributed by atoms with Gasteiger partial charge < -0.3 is 49.6 Å². The number of hydrogen-bond donors (Lipinski definition) is 6. The molecule has 6 N–H and O–H groups in total. The number of rotatable bonds is 7. The molecule has 0 amide bonds. The highest BCUT2D eigenvalue weighted by atomic mass is 16.7. The summed E-state index contributed by atoms with van der Waals surface area (Å²) in [7, 11) is 0. The van der Waals surface area contributed by atoms with Crippen LogP contribution in [0.2, 0.25) is 0 Å². The van der Waals surface area contributed by atoms with Gasteiger partial charge in [-0.25, -0.2) is 0 Å². The summed E-state index contributed by atoms with van der Waals surface area (Å²) in [5, 5.41) is 59.4. The third-order valence-corrected chi connectivity index (χ3v) is 5.01. The first kappa shape index (κ1) is 23.2. The van der Waals surface area contributed by atoms with E-state index in [1.807, 2.05) is 36.4 Å². The maximum atomic E-state index is 10.2. The van der Waals surface area contributed by atoms with Gasteiger partial charge in [0.2, 0.25) is 0 Å². The Morgan fingerprint density at radius 3 is 2.27 bits per heavy atom. The van der Waals surface area contributed by atoms with E-state index in [9.17, 15) is 30.6 Å². The van der Waals surface area contributed by atoms with Crippen molar-refractivity contribution < 1.29 is 49.6 Å². The molecule has 3 rings (SSSR count). The molecule has 0 radical (unpaired) electrons. The first-order chi connectivity index (χ1) is 14.4. The predicted octanol–water partition coefficient (Wildman–Crippen LogP) is -2.02. The van der Waals surface area contributed by atoms with Gasteiger partial charge in [-0.3, -0.25) is 0 Å². The lowest BCUT2D eigenvalue weighted by Crippen LogP contribution is -2.60. The Kier molecular flexibility index (Phi) is 8.31. The van der Waals surface area contributed by atoms with Gasteiger partial charge in [-0.2, -0.15) is 0 Å². The number of aliphatic hydroxyl groups is 6. The smallest absolute Gasteiger partial charge is 0.187 e. The lowest BCUT2D eigenvalue weighted by atomic mass is 9.99. The summed E-state index contributed by atoms with van der Waals surface area (Å²) in [5.41, 5.74) is 0.964. The molecule has 1 aromatic rings. The standard InChI is InChI=1S/C20H28O10/c21-12-9-28-19(17(25)14(12)22)29-10-13-15(23)16(24)18(26)20(30-13)27-8-4-7-11-5-2-1-3-6-11/h1-7,12-26H,8-10H2/b7-4+/t12-,13+,14-,15-,16-,17-,18-,19+,20-/m0/s1. The number of hydrogen-bond acceptors (Lipinski definition) is 10. The Morgan fingerprint density at radius 2 is 1.53 bits per heavy atom. The van der Waals surface area contributed by atoms with E-state index in [0.29, 0.717) is 0 Å². The fraction of sp³-hybridized carbons (Fsp3) is 0.600. The van der Waals surface area contributed by atoms with Crippen LogP contribution >= 0.6 is 0 Å². The van der Waals surface area contributed by atoms with E-state index in [1.54, 1.807) is 6.08 Å². The van der Waals surface area contributed by atoms with Crippen molar-refractivity contribution in [3.8, 4) is 0 Å². The summed E-state index contributed by atoms with van der Waals surface area (Å²) >= 11 is 0. The monoisotopic (exact) mass is 428 g/mol. The summed E-state index contributed by atoms with van der Waals surface area (Å²) in [6.45, 7) is -0.478. The lowest BCUT2D eigenvalue weighted by molar-refractivity contribution is -0.319. The molecule has 0 bridgehead atoms. The lowest BCUT2D eigenvalue weighted by Gasteiger charge is -2.41. The second-order valence-corrected chi connectivity index (χ2v) is 7.24. The highest BCUT2D eigenvalue weighted by Crippen LogP contribution is 2.24. The molecule has 0 spiro atoms. The minimum Gasteiger partial charge on any atom is -0.388 e. The molecule has 0 saturated carbocycles. The molecule has 0 aliphatic carbocycles. The zero-order valence-corrected chi connectivity index (χ0v) is 16.2. The van der Waals surface area contributed by atoms with Crippen LogP contribution in [0.1, 0.15) is 5.56 Å². The molecule has 2 saturated heterocycles. The van der Waals surface area contributed by atoms with Crippen LogP contribution in [0.3, 0.4) is 0 Å². The SMILES string of the molecule is O[C@@H]1[C@H](O)[C@@H](OC/C=C/c2ccccc2)O[C@H](CO[C@H]2OC[C@H](O)[C@H](O)[C@@H]2O)[C@@H]1O. The van der Waals surface area contributed by atoms with Crippen molar-refractivity contribution in [1.82, 2.24) is 0 Å². The van der Waals surface area contributed by atoms with E-state index in [1.165, 1.54) is 0 Å². The summed E-state index contributed by atoms with van der Waals surface area (Å²) < 4.78 is 21.5. The van der Waals surface area contributed by atoms with E-state index >= 15 is 0 Å². The summed E-state index contributed by atoms with van der Waals surface area (Å²) in [4.78, 5) is 0.